The van der Waals surface area contributed by atoms with Gasteiger partial charge in [-0.25, -0.2) is 4.98 Å². The Morgan fingerprint density at radius 3 is 2.95 bits per heavy atom. The third kappa shape index (κ3) is 3.36. The molecule has 1 aliphatic heterocycles. The molecule has 1 saturated heterocycles. The molecule has 0 aliphatic carbocycles. The highest BCUT2D eigenvalue weighted by Gasteiger charge is 2.18. The molecule has 0 aromatic carbocycles. The van der Waals surface area contributed by atoms with Crippen LogP contribution in [0.1, 0.15) is 31.5 Å². The number of hydrogen-bond acceptors (Lipinski definition) is 6. The Bertz CT molecular complexity index is 620. The maximum atomic E-state index is 5.41. The standard InChI is InChI=1S/C15H22N6O/c1-3-16-14-4-7-17-15(19-14)18-13-10-21(20-11(13)2)12-5-8-22-9-6-12/h4,7,10,12H,3,5-6,8-9H2,1-2H3,(H2,16,17,18,19). The summed E-state index contributed by atoms with van der Waals surface area (Å²) in [5.74, 6) is 1.39. The number of ether oxygens (including phenoxy) is 1. The minimum atomic E-state index is 0.414. The smallest absolute Gasteiger partial charge is 0.229 e. The molecular weight excluding hydrogens is 280 g/mol. The van der Waals surface area contributed by atoms with Crippen molar-refractivity contribution in [2.24, 2.45) is 0 Å². The number of anilines is 3. The largest absolute Gasteiger partial charge is 0.381 e. The van der Waals surface area contributed by atoms with Gasteiger partial charge in [-0.05, 0) is 32.8 Å². The summed E-state index contributed by atoms with van der Waals surface area (Å²) in [6.45, 7) is 6.47. The molecule has 0 bridgehead atoms. The molecule has 2 N–H and O–H groups in total. The van der Waals surface area contributed by atoms with E-state index < -0.39 is 0 Å². The van der Waals surface area contributed by atoms with Gasteiger partial charge in [-0.15, -0.1) is 0 Å². The van der Waals surface area contributed by atoms with Crippen LogP contribution in [0.3, 0.4) is 0 Å². The first kappa shape index (κ1) is 14.8. The molecule has 0 spiro atoms. The predicted octanol–water partition coefficient (Wildman–Crippen LogP) is 2.51. The Kier molecular flexibility index (Phi) is 4.53. The minimum Gasteiger partial charge on any atom is -0.381 e. The van der Waals surface area contributed by atoms with Crippen LogP contribution in [0.15, 0.2) is 18.5 Å². The van der Waals surface area contributed by atoms with Crippen molar-refractivity contribution < 1.29 is 4.74 Å². The fraction of sp³-hybridized carbons (Fsp3) is 0.533. The Balaban J connectivity index is 1.74. The van der Waals surface area contributed by atoms with E-state index in [2.05, 4.69) is 25.7 Å². The van der Waals surface area contributed by atoms with Gasteiger partial charge < -0.3 is 15.4 Å². The first-order valence-corrected chi connectivity index (χ1v) is 7.73. The number of nitrogens with one attached hydrogen (secondary N) is 2. The number of nitrogens with zero attached hydrogens (tertiary/aromatic N) is 4. The maximum absolute atomic E-state index is 5.41. The molecule has 3 rings (SSSR count). The SMILES string of the molecule is CCNc1ccnc(Nc2cn(C3CCOCC3)nc2C)n1. The molecule has 2 aromatic rings. The first-order valence-electron chi connectivity index (χ1n) is 7.73. The topological polar surface area (TPSA) is 76.9 Å². The molecular formula is C15H22N6O. The number of hydrogen-bond donors (Lipinski definition) is 2. The van der Waals surface area contributed by atoms with Crippen molar-refractivity contribution in [1.82, 2.24) is 19.7 Å². The Hall–Kier alpha value is -2.15. The van der Waals surface area contributed by atoms with Crippen molar-refractivity contribution >= 4 is 17.5 Å². The lowest BCUT2D eigenvalue weighted by Crippen LogP contribution is -2.19. The van der Waals surface area contributed by atoms with Crippen LogP contribution in [0, 0.1) is 6.92 Å². The van der Waals surface area contributed by atoms with E-state index in [0.29, 0.717) is 12.0 Å². The Labute approximate surface area is 130 Å². The van der Waals surface area contributed by atoms with Gasteiger partial charge in [0.2, 0.25) is 5.95 Å². The molecule has 22 heavy (non-hydrogen) atoms. The van der Waals surface area contributed by atoms with Crippen LogP contribution >= 0.6 is 0 Å². The average molecular weight is 302 g/mol. The van der Waals surface area contributed by atoms with E-state index in [1.807, 2.05) is 30.8 Å². The lowest BCUT2D eigenvalue weighted by molar-refractivity contribution is 0.0662. The molecule has 1 aliphatic rings. The Morgan fingerprint density at radius 2 is 2.18 bits per heavy atom. The minimum absolute atomic E-state index is 0.414. The zero-order valence-electron chi connectivity index (χ0n) is 13.0. The van der Waals surface area contributed by atoms with Crippen molar-refractivity contribution in [3.05, 3.63) is 24.2 Å². The number of aromatic nitrogens is 4. The highest BCUT2D eigenvalue weighted by Crippen LogP contribution is 2.24. The van der Waals surface area contributed by atoms with Gasteiger partial charge >= 0.3 is 0 Å². The summed E-state index contributed by atoms with van der Waals surface area (Å²) in [7, 11) is 0. The van der Waals surface area contributed by atoms with Gasteiger partial charge in [0.1, 0.15) is 5.82 Å². The second-order valence-corrected chi connectivity index (χ2v) is 5.37. The number of aryl methyl sites for hydroxylation is 1. The summed E-state index contributed by atoms with van der Waals surface area (Å²) < 4.78 is 7.44. The second-order valence-electron chi connectivity index (χ2n) is 5.37. The fourth-order valence-corrected chi connectivity index (χ4v) is 2.56. The van der Waals surface area contributed by atoms with E-state index in [4.69, 9.17) is 4.74 Å². The summed E-state index contributed by atoms with van der Waals surface area (Å²) >= 11 is 0. The van der Waals surface area contributed by atoms with E-state index >= 15 is 0 Å². The van der Waals surface area contributed by atoms with Crippen molar-refractivity contribution in [3.63, 3.8) is 0 Å². The second kappa shape index (κ2) is 6.74. The van der Waals surface area contributed by atoms with E-state index in [1.54, 1.807) is 6.20 Å². The van der Waals surface area contributed by atoms with Crippen molar-refractivity contribution in [2.75, 3.05) is 30.4 Å². The lowest BCUT2D eigenvalue weighted by atomic mass is 10.1. The van der Waals surface area contributed by atoms with E-state index in [9.17, 15) is 0 Å². The van der Waals surface area contributed by atoms with E-state index in [0.717, 1.165) is 49.8 Å². The van der Waals surface area contributed by atoms with Gasteiger partial charge in [0.25, 0.3) is 0 Å². The highest BCUT2D eigenvalue weighted by atomic mass is 16.5. The molecule has 3 heterocycles. The molecule has 0 radical (unpaired) electrons. The van der Waals surface area contributed by atoms with Gasteiger partial charge in [0.15, 0.2) is 0 Å². The van der Waals surface area contributed by atoms with Crippen LogP contribution in [-0.2, 0) is 4.74 Å². The van der Waals surface area contributed by atoms with Gasteiger partial charge in [-0.2, -0.15) is 10.1 Å². The molecule has 1 fully saturated rings. The predicted molar refractivity (Wildman–Crippen MR) is 85.5 cm³/mol. The molecule has 0 atom stereocenters. The lowest BCUT2D eigenvalue weighted by Gasteiger charge is -2.22. The maximum Gasteiger partial charge on any atom is 0.229 e. The van der Waals surface area contributed by atoms with Crippen LogP contribution in [0.4, 0.5) is 17.5 Å². The summed E-state index contributed by atoms with van der Waals surface area (Å²) in [5.41, 5.74) is 1.89. The Morgan fingerprint density at radius 1 is 1.36 bits per heavy atom. The van der Waals surface area contributed by atoms with Crippen molar-refractivity contribution in [2.45, 2.75) is 32.7 Å². The van der Waals surface area contributed by atoms with Gasteiger partial charge in [0.05, 0.1) is 17.4 Å². The summed E-state index contributed by atoms with van der Waals surface area (Å²) in [5, 5.41) is 11.0. The molecule has 2 aromatic heterocycles. The van der Waals surface area contributed by atoms with Crippen LogP contribution in [0.5, 0.6) is 0 Å². The third-order valence-electron chi connectivity index (χ3n) is 3.74. The molecule has 118 valence electrons. The number of rotatable bonds is 5. The summed E-state index contributed by atoms with van der Waals surface area (Å²) in [4.78, 5) is 8.69. The average Bonchev–Trinajstić information content (AvgIpc) is 2.90. The van der Waals surface area contributed by atoms with Gasteiger partial charge in [-0.1, -0.05) is 0 Å². The van der Waals surface area contributed by atoms with Gasteiger partial charge in [-0.3, -0.25) is 4.68 Å². The molecule has 7 nitrogen and oxygen atoms in total. The van der Waals surface area contributed by atoms with Crippen LogP contribution < -0.4 is 10.6 Å². The molecule has 7 heteroatoms. The van der Waals surface area contributed by atoms with E-state index in [1.165, 1.54) is 0 Å². The fourth-order valence-electron chi connectivity index (χ4n) is 2.56. The monoisotopic (exact) mass is 302 g/mol. The van der Waals surface area contributed by atoms with Crippen molar-refractivity contribution in [1.29, 1.82) is 0 Å². The molecule has 0 amide bonds. The summed E-state index contributed by atoms with van der Waals surface area (Å²) in [6, 6.07) is 2.27. The third-order valence-corrected chi connectivity index (χ3v) is 3.74. The summed E-state index contributed by atoms with van der Waals surface area (Å²) in [6.07, 6.45) is 5.79. The zero-order valence-corrected chi connectivity index (χ0v) is 13.0. The van der Waals surface area contributed by atoms with Gasteiger partial charge in [0, 0.05) is 32.2 Å². The van der Waals surface area contributed by atoms with Crippen LogP contribution in [0.2, 0.25) is 0 Å². The van der Waals surface area contributed by atoms with E-state index in [-0.39, 0.29) is 0 Å². The quantitative estimate of drug-likeness (QED) is 0.883. The highest BCUT2D eigenvalue weighted by molar-refractivity contribution is 5.56. The normalized spacial score (nSPS) is 15.7. The van der Waals surface area contributed by atoms with Crippen LogP contribution in [0.25, 0.3) is 0 Å². The van der Waals surface area contributed by atoms with Crippen LogP contribution in [-0.4, -0.2) is 39.5 Å². The first-order chi connectivity index (χ1) is 10.8. The zero-order chi connectivity index (χ0) is 15.4. The van der Waals surface area contributed by atoms with Crippen molar-refractivity contribution in [3.8, 4) is 0 Å². The molecule has 0 unspecified atom stereocenters. The molecule has 0 saturated carbocycles.